The van der Waals surface area contributed by atoms with Gasteiger partial charge in [0.05, 0.1) is 19.3 Å². The lowest BCUT2D eigenvalue weighted by Gasteiger charge is -2.07. The monoisotopic (exact) mass is 334 g/mol. The van der Waals surface area contributed by atoms with Crippen LogP contribution in [0.15, 0.2) is 61.1 Å². The van der Waals surface area contributed by atoms with E-state index in [-0.39, 0.29) is 12.5 Å². The molecule has 4 aromatic rings. The van der Waals surface area contributed by atoms with E-state index in [1.54, 1.807) is 7.11 Å². The first-order chi connectivity index (χ1) is 12.2. The van der Waals surface area contributed by atoms with Gasteiger partial charge >= 0.3 is 0 Å². The average Bonchev–Trinajstić information content (AvgIpc) is 3.23. The fraction of sp³-hybridized carbons (Fsp3) is 0.158. The van der Waals surface area contributed by atoms with Crippen LogP contribution in [-0.2, 0) is 17.9 Å². The van der Waals surface area contributed by atoms with E-state index in [4.69, 9.17) is 4.74 Å². The minimum atomic E-state index is -0.0506. The third-order valence-corrected chi connectivity index (χ3v) is 4.17. The second-order valence-corrected chi connectivity index (χ2v) is 5.84. The first-order valence-electron chi connectivity index (χ1n) is 8.05. The van der Waals surface area contributed by atoms with Crippen molar-refractivity contribution in [3.05, 3.63) is 66.7 Å². The molecule has 0 fully saturated rings. The van der Waals surface area contributed by atoms with Crippen molar-refractivity contribution in [1.29, 1.82) is 0 Å². The predicted molar refractivity (Wildman–Crippen MR) is 95.5 cm³/mol. The summed E-state index contributed by atoms with van der Waals surface area (Å²) in [6.45, 7) is 0.677. The molecule has 0 saturated carbocycles. The lowest BCUT2D eigenvalue weighted by molar-refractivity contribution is -0.121. The van der Waals surface area contributed by atoms with Gasteiger partial charge in [0.25, 0.3) is 0 Å². The highest BCUT2D eigenvalue weighted by Gasteiger charge is 2.08. The molecule has 6 heteroatoms. The molecule has 0 saturated heterocycles. The average molecular weight is 334 g/mol. The Balaban J connectivity index is 1.43. The van der Waals surface area contributed by atoms with E-state index in [1.807, 2.05) is 70.0 Å². The smallest absolute Gasteiger partial charge is 0.240 e. The van der Waals surface area contributed by atoms with Gasteiger partial charge in [0.2, 0.25) is 5.91 Å². The van der Waals surface area contributed by atoms with Gasteiger partial charge in [-0.05, 0) is 36.4 Å². The fourth-order valence-corrected chi connectivity index (χ4v) is 2.92. The van der Waals surface area contributed by atoms with E-state index in [0.717, 1.165) is 28.0 Å². The van der Waals surface area contributed by atoms with Crippen molar-refractivity contribution in [1.82, 2.24) is 19.3 Å². The lowest BCUT2D eigenvalue weighted by atomic mass is 10.2. The van der Waals surface area contributed by atoms with Gasteiger partial charge in [-0.3, -0.25) is 4.79 Å². The summed E-state index contributed by atoms with van der Waals surface area (Å²) in [6, 6.07) is 13.6. The van der Waals surface area contributed by atoms with Crippen molar-refractivity contribution in [2.75, 3.05) is 7.11 Å². The quantitative estimate of drug-likeness (QED) is 0.610. The highest BCUT2D eigenvalue weighted by molar-refractivity contribution is 5.84. The molecule has 1 amide bonds. The number of nitrogens with one attached hydrogen (secondary N) is 1. The molecular formula is C19H18N4O2. The number of rotatable bonds is 5. The summed E-state index contributed by atoms with van der Waals surface area (Å²) in [5.74, 6) is 0.756. The number of amides is 1. The van der Waals surface area contributed by atoms with Crippen molar-refractivity contribution in [2.24, 2.45) is 0 Å². The maximum Gasteiger partial charge on any atom is 0.240 e. The first kappa shape index (κ1) is 15.3. The summed E-state index contributed by atoms with van der Waals surface area (Å²) in [7, 11) is 1.64. The number of nitrogens with zero attached hydrogens (tertiary/aromatic N) is 3. The van der Waals surface area contributed by atoms with Crippen molar-refractivity contribution >= 4 is 22.5 Å². The number of imidazole rings is 1. The highest BCUT2D eigenvalue weighted by atomic mass is 16.5. The van der Waals surface area contributed by atoms with Gasteiger partial charge in [-0.15, -0.1) is 0 Å². The van der Waals surface area contributed by atoms with Crippen LogP contribution < -0.4 is 10.1 Å². The number of hydrogen-bond donors (Lipinski definition) is 1. The summed E-state index contributed by atoms with van der Waals surface area (Å²) in [4.78, 5) is 16.8. The minimum Gasteiger partial charge on any atom is -0.497 e. The zero-order valence-corrected chi connectivity index (χ0v) is 13.8. The minimum absolute atomic E-state index is 0.0506. The van der Waals surface area contributed by atoms with E-state index in [0.29, 0.717) is 6.54 Å². The molecule has 6 nitrogen and oxygen atoms in total. The van der Waals surface area contributed by atoms with E-state index < -0.39 is 0 Å². The van der Waals surface area contributed by atoms with Crippen LogP contribution in [0.1, 0.15) is 5.69 Å². The standard InChI is InChI=1S/C19H18N4O2/c1-25-16-5-6-17-14(10-16)7-9-22(17)13-19(24)20-11-15-12-23-8-3-2-4-18(23)21-15/h2-10,12H,11,13H2,1H3,(H,20,24). The number of pyridine rings is 1. The third-order valence-electron chi connectivity index (χ3n) is 4.17. The number of methoxy groups -OCH3 is 1. The molecule has 0 unspecified atom stereocenters. The molecule has 126 valence electrons. The second kappa shape index (κ2) is 6.32. The first-order valence-corrected chi connectivity index (χ1v) is 8.05. The summed E-state index contributed by atoms with van der Waals surface area (Å²) in [6.07, 6.45) is 5.77. The zero-order chi connectivity index (χ0) is 17.2. The Labute approximate surface area is 144 Å². The normalized spacial score (nSPS) is 11.1. The number of aromatic nitrogens is 3. The molecule has 0 aliphatic carbocycles. The predicted octanol–water partition coefficient (Wildman–Crippen LogP) is 2.61. The van der Waals surface area contributed by atoms with Gasteiger partial charge in [0.1, 0.15) is 17.9 Å². The van der Waals surface area contributed by atoms with E-state index in [2.05, 4.69) is 10.3 Å². The van der Waals surface area contributed by atoms with Crippen molar-refractivity contribution in [3.8, 4) is 5.75 Å². The Hall–Kier alpha value is -3.28. The molecule has 1 aromatic carbocycles. The van der Waals surface area contributed by atoms with E-state index in [1.165, 1.54) is 0 Å². The zero-order valence-electron chi connectivity index (χ0n) is 13.8. The van der Waals surface area contributed by atoms with Crippen molar-refractivity contribution in [3.63, 3.8) is 0 Å². The van der Waals surface area contributed by atoms with Gasteiger partial charge in [0.15, 0.2) is 0 Å². The molecule has 0 spiro atoms. The number of benzene rings is 1. The Bertz CT molecular complexity index is 1010. The van der Waals surface area contributed by atoms with Crippen LogP contribution in [0.2, 0.25) is 0 Å². The van der Waals surface area contributed by atoms with Gasteiger partial charge in [-0.25, -0.2) is 4.98 Å². The molecule has 0 radical (unpaired) electrons. The number of carbonyl (C=O) groups excluding carboxylic acids is 1. The molecule has 3 heterocycles. The Morgan fingerprint density at radius 2 is 2.12 bits per heavy atom. The van der Waals surface area contributed by atoms with Crippen LogP contribution in [0.4, 0.5) is 0 Å². The summed E-state index contributed by atoms with van der Waals surface area (Å²) < 4.78 is 9.09. The van der Waals surface area contributed by atoms with Crippen LogP contribution in [0.3, 0.4) is 0 Å². The Kier molecular flexibility index (Phi) is 3.85. The van der Waals surface area contributed by atoms with Crippen molar-refractivity contribution in [2.45, 2.75) is 13.1 Å². The summed E-state index contributed by atoms with van der Waals surface area (Å²) in [5.41, 5.74) is 2.71. The highest BCUT2D eigenvalue weighted by Crippen LogP contribution is 2.21. The molecule has 0 atom stereocenters. The topological polar surface area (TPSA) is 60.6 Å². The summed E-state index contributed by atoms with van der Waals surface area (Å²) >= 11 is 0. The van der Waals surface area contributed by atoms with Crippen LogP contribution in [0, 0.1) is 0 Å². The van der Waals surface area contributed by atoms with Gasteiger partial charge in [0, 0.05) is 29.5 Å². The number of carbonyl (C=O) groups is 1. The Morgan fingerprint density at radius 3 is 2.96 bits per heavy atom. The van der Waals surface area contributed by atoms with Gasteiger partial charge < -0.3 is 19.0 Å². The second-order valence-electron chi connectivity index (χ2n) is 5.84. The van der Waals surface area contributed by atoms with Crippen LogP contribution >= 0.6 is 0 Å². The maximum absolute atomic E-state index is 12.3. The maximum atomic E-state index is 12.3. The molecule has 0 aliphatic heterocycles. The number of fused-ring (bicyclic) bond motifs is 2. The van der Waals surface area contributed by atoms with Crippen LogP contribution in [-0.4, -0.2) is 27.0 Å². The van der Waals surface area contributed by atoms with Crippen LogP contribution in [0.25, 0.3) is 16.6 Å². The largest absolute Gasteiger partial charge is 0.497 e. The SMILES string of the molecule is COc1ccc2c(ccn2CC(=O)NCc2cn3ccccc3n2)c1. The number of hydrogen-bond acceptors (Lipinski definition) is 3. The van der Waals surface area contributed by atoms with E-state index in [9.17, 15) is 4.79 Å². The molecule has 4 rings (SSSR count). The molecule has 3 aromatic heterocycles. The molecular weight excluding hydrogens is 316 g/mol. The number of ether oxygens (including phenoxy) is 1. The third kappa shape index (κ3) is 3.06. The van der Waals surface area contributed by atoms with Gasteiger partial charge in [-0.1, -0.05) is 6.07 Å². The summed E-state index contributed by atoms with van der Waals surface area (Å²) in [5, 5.41) is 3.97. The fourth-order valence-electron chi connectivity index (χ4n) is 2.92. The van der Waals surface area contributed by atoms with Crippen LogP contribution in [0.5, 0.6) is 5.75 Å². The lowest BCUT2D eigenvalue weighted by Crippen LogP contribution is -2.26. The Morgan fingerprint density at radius 1 is 1.20 bits per heavy atom. The van der Waals surface area contributed by atoms with E-state index >= 15 is 0 Å². The molecule has 0 bridgehead atoms. The molecule has 25 heavy (non-hydrogen) atoms. The van der Waals surface area contributed by atoms with Gasteiger partial charge in [-0.2, -0.15) is 0 Å². The molecule has 1 N–H and O–H groups in total. The van der Waals surface area contributed by atoms with Crippen molar-refractivity contribution < 1.29 is 9.53 Å². The molecule has 0 aliphatic rings.